The Morgan fingerprint density at radius 3 is 0.761 bits per heavy atom. The van der Waals surface area contributed by atoms with Crippen molar-refractivity contribution in [2.45, 2.75) is 335 Å². The van der Waals surface area contributed by atoms with Gasteiger partial charge >= 0.3 is 17.9 Å². The van der Waals surface area contributed by atoms with E-state index in [4.69, 9.17) is 14.2 Å². The number of rotatable bonds is 55. The van der Waals surface area contributed by atoms with Gasteiger partial charge in [0.05, 0.1) is 0 Å². The van der Waals surface area contributed by atoms with Crippen LogP contribution in [0.4, 0.5) is 0 Å². The average molecular weight is 944 g/mol. The fourth-order valence-electron chi connectivity index (χ4n) is 8.91. The summed E-state index contributed by atoms with van der Waals surface area (Å²) in [7, 11) is 0. The van der Waals surface area contributed by atoms with Crippen molar-refractivity contribution >= 4 is 17.9 Å². The van der Waals surface area contributed by atoms with Crippen molar-refractivity contribution in [1.82, 2.24) is 0 Å². The van der Waals surface area contributed by atoms with E-state index in [0.717, 1.165) is 64.2 Å². The van der Waals surface area contributed by atoms with Crippen LogP contribution in [0.25, 0.3) is 0 Å². The van der Waals surface area contributed by atoms with Crippen LogP contribution >= 0.6 is 0 Å². The summed E-state index contributed by atoms with van der Waals surface area (Å²) in [6, 6.07) is 0. The summed E-state index contributed by atoms with van der Waals surface area (Å²) in [6.45, 7) is 6.66. The number of carbonyl (C=O) groups excluding carboxylic acids is 3. The third-order valence-electron chi connectivity index (χ3n) is 13.4. The monoisotopic (exact) mass is 943 g/mol. The van der Waals surface area contributed by atoms with E-state index in [1.165, 1.54) is 225 Å². The lowest BCUT2D eigenvalue weighted by atomic mass is 10.0. The summed E-state index contributed by atoms with van der Waals surface area (Å²) in [5.74, 6) is -0.863. The molecule has 0 saturated heterocycles. The maximum atomic E-state index is 12.9. The van der Waals surface area contributed by atoms with Gasteiger partial charge in [-0.25, -0.2) is 0 Å². The van der Waals surface area contributed by atoms with E-state index in [1.54, 1.807) is 0 Å². The molecule has 6 heteroatoms. The molecule has 0 aromatic rings. The minimum absolute atomic E-state index is 0.0710. The van der Waals surface area contributed by atoms with Crippen molar-refractivity contribution < 1.29 is 28.6 Å². The van der Waals surface area contributed by atoms with Gasteiger partial charge in [0, 0.05) is 19.3 Å². The van der Waals surface area contributed by atoms with Crippen LogP contribution in [0.5, 0.6) is 0 Å². The number of allylic oxidation sites excluding steroid dienone is 4. The molecule has 0 unspecified atom stereocenters. The highest BCUT2D eigenvalue weighted by molar-refractivity contribution is 5.71. The normalized spacial score (nSPS) is 12.1. The molecule has 0 aromatic heterocycles. The fraction of sp³-hybridized carbons (Fsp3) is 0.885. The number of esters is 3. The summed E-state index contributed by atoms with van der Waals surface area (Å²) in [5, 5.41) is 0. The Morgan fingerprint density at radius 1 is 0.284 bits per heavy atom. The van der Waals surface area contributed by atoms with Gasteiger partial charge in [-0.2, -0.15) is 0 Å². The smallest absolute Gasteiger partial charge is 0.306 e. The van der Waals surface area contributed by atoms with E-state index < -0.39 is 6.10 Å². The van der Waals surface area contributed by atoms with Crippen molar-refractivity contribution in [1.29, 1.82) is 0 Å². The van der Waals surface area contributed by atoms with Crippen molar-refractivity contribution in [2.24, 2.45) is 0 Å². The summed E-state index contributed by atoms with van der Waals surface area (Å²) < 4.78 is 16.9. The van der Waals surface area contributed by atoms with Crippen LogP contribution in [0, 0.1) is 0 Å². The maximum absolute atomic E-state index is 12.9. The molecule has 0 radical (unpaired) electrons. The molecule has 0 amide bonds. The zero-order valence-electron chi connectivity index (χ0n) is 45.2. The molecule has 0 spiro atoms. The molecular formula is C61H114O6. The summed E-state index contributed by atoms with van der Waals surface area (Å²) in [5.41, 5.74) is 0. The van der Waals surface area contributed by atoms with Crippen LogP contribution in [0.2, 0.25) is 0 Å². The topological polar surface area (TPSA) is 78.9 Å². The van der Waals surface area contributed by atoms with E-state index in [9.17, 15) is 14.4 Å². The van der Waals surface area contributed by atoms with Crippen molar-refractivity contribution in [2.75, 3.05) is 13.2 Å². The van der Waals surface area contributed by atoms with Gasteiger partial charge in [0.2, 0.25) is 0 Å². The quantitative estimate of drug-likeness (QED) is 0.0262. The molecular weight excluding hydrogens is 829 g/mol. The first-order valence-corrected chi connectivity index (χ1v) is 29.8. The average Bonchev–Trinajstić information content (AvgIpc) is 3.33. The molecule has 0 bridgehead atoms. The highest BCUT2D eigenvalue weighted by Gasteiger charge is 2.19. The highest BCUT2D eigenvalue weighted by Crippen LogP contribution is 2.17. The van der Waals surface area contributed by atoms with Gasteiger partial charge in [-0.1, -0.05) is 263 Å². The number of carbonyl (C=O) groups is 3. The first kappa shape index (κ1) is 64.9. The zero-order chi connectivity index (χ0) is 48.6. The largest absolute Gasteiger partial charge is 0.462 e. The lowest BCUT2D eigenvalue weighted by Crippen LogP contribution is -2.30. The Balaban J connectivity index is 4.31. The first-order chi connectivity index (χ1) is 33.0. The zero-order valence-corrected chi connectivity index (χ0v) is 45.2. The number of hydrogen-bond acceptors (Lipinski definition) is 6. The van der Waals surface area contributed by atoms with Crippen LogP contribution < -0.4 is 0 Å². The standard InChI is InChI=1S/C61H114O6/c1-4-7-10-13-16-19-22-25-27-29-30-32-33-36-39-42-45-48-51-54-60(63)66-57-58(56-65-59(62)53-50-47-44-41-38-35-24-21-18-15-12-9-6-3)67-61(64)55-52-49-46-43-40-37-34-31-28-26-23-20-17-14-11-8-5-2/h21,24,26,28,58H,4-20,22-23,25,27,29-57H2,1-3H3/b24-21+,28-26+/t58-/m1/s1. The molecule has 0 aliphatic rings. The van der Waals surface area contributed by atoms with E-state index in [0.29, 0.717) is 19.3 Å². The maximum Gasteiger partial charge on any atom is 0.306 e. The van der Waals surface area contributed by atoms with E-state index in [1.807, 2.05) is 0 Å². The van der Waals surface area contributed by atoms with Crippen molar-refractivity contribution in [3.05, 3.63) is 24.3 Å². The van der Waals surface area contributed by atoms with Gasteiger partial charge in [0.25, 0.3) is 0 Å². The SMILES string of the molecule is CCCCCC/C=C/CCCCCCCC(=O)OC[C@H](COC(=O)CCCCCCCCCCCCCCCCCCCCC)OC(=O)CCCCCCCCC/C=C/CCCCCCCC. The molecule has 0 heterocycles. The van der Waals surface area contributed by atoms with Crippen LogP contribution in [-0.4, -0.2) is 37.2 Å². The third kappa shape index (κ3) is 54.7. The Labute approximate surface area is 417 Å². The minimum Gasteiger partial charge on any atom is -0.462 e. The Bertz CT molecular complexity index is 1080. The molecule has 0 fully saturated rings. The molecule has 0 aromatic carbocycles. The molecule has 1 atom stereocenters. The number of ether oxygens (including phenoxy) is 3. The summed E-state index contributed by atoms with van der Waals surface area (Å²) in [6.07, 6.45) is 66.0. The predicted octanol–water partition coefficient (Wildman–Crippen LogP) is 19.9. The first-order valence-electron chi connectivity index (χ1n) is 29.8. The van der Waals surface area contributed by atoms with E-state index in [2.05, 4.69) is 45.1 Å². The second-order valence-electron chi connectivity index (χ2n) is 20.3. The second-order valence-corrected chi connectivity index (χ2v) is 20.3. The number of hydrogen-bond donors (Lipinski definition) is 0. The van der Waals surface area contributed by atoms with Gasteiger partial charge in [-0.05, 0) is 70.6 Å². The highest BCUT2D eigenvalue weighted by atomic mass is 16.6. The molecule has 0 rings (SSSR count). The Hall–Kier alpha value is -2.11. The van der Waals surface area contributed by atoms with Gasteiger partial charge in [-0.3, -0.25) is 14.4 Å². The van der Waals surface area contributed by atoms with E-state index >= 15 is 0 Å². The fourth-order valence-corrected chi connectivity index (χ4v) is 8.91. The second kappa shape index (κ2) is 56.5. The van der Waals surface area contributed by atoms with Gasteiger partial charge in [0.1, 0.15) is 13.2 Å². The van der Waals surface area contributed by atoms with Crippen molar-refractivity contribution in [3.8, 4) is 0 Å². The predicted molar refractivity (Wildman–Crippen MR) is 289 cm³/mol. The Kier molecular flexibility index (Phi) is 54.7. The van der Waals surface area contributed by atoms with Crippen LogP contribution in [0.1, 0.15) is 329 Å². The van der Waals surface area contributed by atoms with Crippen molar-refractivity contribution in [3.63, 3.8) is 0 Å². The lowest BCUT2D eigenvalue weighted by Gasteiger charge is -2.18. The van der Waals surface area contributed by atoms with E-state index in [-0.39, 0.29) is 31.1 Å². The summed E-state index contributed by atoms with van der Waals surface area (Å²) >= 11 is 0. The molecule has 6 nitrogen and oxygen atoms in total. The molecule has 394 valence electrons. The molecule has 0 saturated carbocycles. The van der Waals surface area contributed by atoms with Gasteiger partial charge < -0.3 is 14.2 Å². The molecule has 0 aliphatic carbocycles. The number of unbranched alkanes of at least 4 members (excludes halogenated alkanes) is 40. The minimum atomic E-state index is -0.773. The van der Waals surface area contributed by atoms with Crippen LogP contribution in [0.3, 0.4) is 0 Å². The van der Waals surface area contributed by atoms with Gasteiger partial charge in [-0.15, -0.1) is 0 Å². The lowest BCUT2D eigenvalue weighted by molar-refractivity contribution is -0.167. The van der Waals surface area contributed by atoms with Crippen LogP contribution in [-0.2, 0) is 28.6 Å². The van der Waals surface area contributed by atoms with Crippen LogP contribution in [0.15, 0.2) is 24.3 Å². The molecule has 0 N–H and O–H groups in total. The summed E-state index contributed by atoms with van der Waals surface area (Å²) in [4.78, 5) is 38.2. The third-order valence-corrected chi connectivity index (χ3v) is 13.4. The molecule has 0 aliphatic heterocycles. The Morgan fingerprint density at radius 2 is 0.493 bits per heavy atom. The van der Waals surface area contributed by atoms with Gasteiger partial charge in [0.15, 0.2) is 6.10 Å². The molecule has 67 heavy (non-hydrogen) atoms.